The molecule has 1 aromatic heterocycles. The van der Waals surface area contributed by atoms with Gasteiger partial charge in [0.2, 0.25) is 0 Å². The van der Waals surface area contributed by atoms with Gasteiger partial charge in [0.05, 0.1) is 11.7 Å². The van der Waals surface area contributed by atoms with Crippen LogP contribution >= 0.6 is 0 Å². The predicted molar refractivity (Wildman–Crippen MR) is 129 cm³/mol. The van der Waals surface area contributed by atoms with Gasteiger partial charge in [-0.25, -0.2) is 0 Å². The molecule has 3 atom stereocenters. The molecule has 3 unspecified atom stereocenters. The lowest BCUT2D eigenvalue weighted by Gasteiger charge is -2.46. The van der Waals surface area contributed by atoms with Crippen LogP contribution in [0, 0.1) is 19.3 Å². The van der Waals surface area contributed by atoms with Crippen LogP contribution in [0.1, 0.15) is 69.7 Å². The van der Waals surface area contributed by atoms with Crippen LogP contribution in [0.5, 0.6) is 5.75 Å². The molecule has 2 radical (unpaired) electrons. The minimum Gasteiger partial charge on any atom is -0.506 e. The maximum atomic E-state index is 13.3. The summed E-state index contributed by atoms with van der Waals surface area (Å²) in [6.07, 6.45) is 6.77. The number of aromatic nitrogens is 1. The summed E-state index contributed by atoms with van der Waals surface area (Å²) in [5.41, 5.74) is 0.0940. The number of aromatic hydroxyl groups is 1. The van der Waals surface area contributed by atoms with Crippen molar-refractivity contribution in [3.63, 3.8) is 0 Å². The van der Waals surface area contributed by atoms with Crippen LogP contribution in [0.2, 0.25) is 0 Å². The van der Waals surface area contributed by atoms with Gasteiger partial charge in [-0.1, -0.05) is 53.2 Å². The quantitative estimate of drug-likeness (QED) is 0.699. The maximum absolute atomic E-state index is 13.3. The van der Waals surface area contributed by atoms with Crippen LogP contribution in [0.25, 0.3) is 10.9 Å². The van der Waals surface area contributed by atoms with Crippen molar-refractivity contribution in [2.24, 2.45) is 11.8 Å². The lowest BCUT2D eigenvalue weighted by Crippen LogP contribution is -2.56. The molecule has 32 heavy (non-hydrogen) atoms. The Balaban J connectivity index is 0.00000289. The molecule has 2 fully saturated rings. The van der Waals surface area contributed by atoms with E-state index >= 15 is 0 Å². The molecule has 1 aliphatic carbocycles. The van der Waals surface area contributed by atoms with Crippen molar-refractivity contribution in [1.29, 1.82) is 0 Å². The Bertz CT molecular complexity index is 1010. The van der Waals surface area contributed by atoms with Gasteiger partial charge >= 0.3 is 0 Å². The summed E-state index contributed by atoms with van der Waals surface area (Å²) in [6, 6.07) is 7.75. The van der Waals surface area contributed by atoms with E-state index in [1.807, 2.05) is 32.0 Å². The molecule has 1 saturated heterocycles. The van der Waals surface area contributed by atoms with E-state index in [0.29, 0.717) is 23.5 Å². The smallest absolute Gasteiger partial charge is 0.267 e. The van der Waals surface area contributed by atoms with E-state index in [4.69, 9.17) is 0 Å². The predicted octanol–water partition coefficient (Wildman–Crippen LogP) is 4.42. The molecule has 2 aromatic rings. The molecule has 4 rings (SSSR count). The molecule has 6 nitrogen and oxygen atoms in total. The first-order valence-electron chi connectivity index (χ1n) is 11.8. The first-order chi connectivity index (χ1) is 14.9. The summed E-state index contributed by atoms with van der Waals surface area (Å²) in [4.78, 5) is 29.1. The highest BCUT2D eigenvalue weighted by Crippen LogP contribution is 2.36. The van der Waals surface area contributed by atoms with E-state index in [0.717, 1.165) is 18.9 Å². The molecule has 2 aliphatic rings. The fourth-order valence-corrected chi connectivity index (χ4v) is 5.53. The number of fused-ring (bicyclic) bond motifs is 3. The standard InChI is InChI=1S/C25H35N3O3.CH2/c1-4-21(27-13-12-17-8-7-9-18(27)14-17)26-24(30)22-23(29)19-10-5-6-11-20(19)28(25(22)31)15-16(2)3;/h5-6,10-11,16-18,21,29H,4,7-9,12-15H2,1-3H3,(H,26,30);1H2. The van der Waals surface area contributed by atoms with Crippen LogP contribution in [0.15, 0.2) is 29.1 Å². The van der Waals surface area contributed by atoms with Gasteiger partial charge in [0.15, 0.2) is 0 Å². The van der Waals surface area contributed by atoms with E-state index < -0.39 is 11.5 Å². The van der Waals surface area contributed by atoms with E-state index in [9.17, 15) is 14.7 Å². The van der Waals surface area contributed by atoms with Gasteiger partial charge in [0, 0.05) is 24.5 Å². The van der Waals surface area contributed by atoms with Crippen LogP contribution in [0.3, 0.4) is 0 Å². The molecule has 2 bridgehead atoms. The number of amides is 1. The Kier molecular flexibility index (Phi) is 7.65. The summed E-state index contributed by atoms with van der Waals surface area (Å²) in [6.45, 7) is 7.61. The number of rotatable bonds is 6. The van der Waals surface area contributed by atoms with Gasteiger partial charge in [0.25, 0.3) is 11.5 Å². The van der Waals surface area contributed by atoms with E-state index in [1.54, 1.807) is 10.6 Å². The molecular weight excluding hydrogens is 402 g/mol. The average molecular weight is 440 g/mol. The van der Waals surface area contributed by atoms with Crippen LogP contribution in [-0.2, 0) is 6.54 Å². The highest BCUT2D eigenvalue weighted by molar-refractivity contribution is 6.02. The zero-order valence-corrected chi connectivity index (χ0v) is 19.6. The van der Waals surface area contributed by atoms with Crippen molar-refractivity contribution in [1.82, 2.24) is 14.8 Å². The molecule has 1 aliphatic heterocycles. The van der Waals surface area contributed by atoms with E-state index in [-0.39, 0.29) is 30.8 Å². The zero-order valence-electron chi connectivity index (χ0n) is 19.6. The number of likely N-dealkylation sites (tertiary alicyclic amines) is 1. The Labute approximate surface area is 191 Å². The zero-order chi connectivity index (χ0) is 22.1. The van der Waals surface area contributed by atoms with Crippen molar-refractivity contribution in [2.45, 2.75) is 78.0 Å². The molecule has 2 heterocycles. The Hall–Kier alpha value is -2.34. The van der Waals surface area contributed by atoms with Gasteiger partial charge in [-0.05, 0) is 49.7 Å². The second kappa shape index (κ2) is 10.1. The normalized spacial score (nSPS) is 21.9. The molecule has 1 aromatic carbocycles. The van der Waals surface area contributed by atoms with E-state index in [1.165, 1.54) is 32.1 Å². The van der Waals surface area contributed by atoms with Crippen molar-refractivity contribution < 1.29 is 9.90 Å². The molecule has 1 saturated carbocycles. The van der Waals surface area contributed by atoms with Crippen molar-refractivity contribution in [2.75, 3.05) is 6.54 Å². The molecule has 6 heteroatoms. The van der Waals surface area contributed by atoms with Crippen molar-refractivity contribution >= 4 is 16.8 Å². The summed E-state index contributed by atoms with van der Waals surface area (Å²) in [5.74, 6) is 0.355. The minimum atomic E-state index is -0.476. The maximum Gasteiger partial charge on any atom is 0.267 e. The van der Waals surface area contributed by atoms with Gasteiger partial charge in [0.1, 0.15) is 11.3 Å². The molecule has 0 spiro atoms. The number of piperidine rings is 1. The number of hydrogen-bond donors (Lipinski definition) is 2. The van der Waals surface area contributed by atoms with Crippen molar-refractivity contribution in [3.8, 4) is 5.75 Å². The number of hydrogen-bond acceptors (Lipinski definition) is 4. The molecule has 2 N–H and O–H groups in total. The fraction of sp³-hybridized carbons (Fsp3) is 0.577. The van der Waals surface area contributed by atoms with Crippen molar-refractivity contribution in [3.05, 3.63) is 47.6 Å². The molecular formula is C26H37N3O3. The summed E-state index contributed by atoms with van der Waals surface area (Å²) in [7, 11) is 0. The number of carbonyl (C=O) groups excluding carboxylic acids is 1. The topological polar surface area (TPSA) is 74.6 Å². The van der Waals surface area contributed by atoms with Crippen LogP contribution in [-0.4, -0.2) is 39.2 Å². The Morgan fingerprint density at radius 1 is 1.22 bits per heavy atom. The number of benzene rings is 1. The minimum absolute atomic E-state index is 0. The third-order valence-electron chi connectivity index (χ3n) is 7.03. The largest absolute Gasteiger partial charge is 0.506 e. The molecule has 1 amide bonds. The van der Waals surface area contributed by atoms with Crippen LogP contribution in [0.4, 0.5) is 0 Å². The van der Waals surface area contributed by atoms with Gasteiger partial charge in [-0.15, -0.1) is 0 Å². The first kappa shape index (κ1) is 24.3. The monoisotopic (exact) mass is 439 g/mol. The average Bonchev–Trinajstić information content (AvgIpc) is 2.75. The number of carbonyl (C=O) groups is 1. The number of pyridine rings is 1. The lowest BCUT2D eigenvalue weighted by atomic mass is 9.79. The van der Waals surface area contributed by atoms with Gasteiger partial charge in [-0.2, -0.15) is 0 Å². The highest BCUT2D eigenvalue weighted by atomic mass is 16.3. The van der Waals surface area contributed by atoms with Gasteiger partial charge < -0.3 is 15.0 Å². The summed E-state index contributed by atoms with van der Waals surface area (Å²) >= 11 is 0. The SMILES string of the molecule is CCC(NC(=O)c1c(O)c2ccccc2n(CC(C)C)c1=O)N1CCC2CCCC1C2.[CH2]. The summed E-state index contributed by atoms with van der Waals surface area (Å²) in [5, 5.41) is 14.5. The highest BCUT2D eigenvalue weighted by Gasteiger charge is 2.36. The van der Waals surface area contributed by atoms with E-state index in [2.05, 4.69) is 17.1 Å². The van der Waals surface area contributed by atoms with Crippen LogP contribution < -0.4 is 10.9 Å². The number of nitrogens with one attached hydrogen (secondary N) is 1. The number of nitrogens with zero attached hydrogens (tertiary/aromatic N) is 2. The third kappa shape index (κ3) is 4.56. The second-order valence-electron chi connectivity index (χ2n) is 9.66. The molecule has 174 valence electrons. The first-order valence-corrected chi connectivity index (χ1v) is 11.8. The lowest BCUT2D eigenvalue weighted by molar-refractivity contribution is 0.0223. The van der Waals surface area contributed by atoms with Gasteiger partial charge in [-0.3, -0.25) is 14.5 Å². The fourth-order valence-electron chi connectivity index (χ4n) is 5.53. The summed E-state index contributed by atoms with van der Waals surface area (Å²) < 4.78 is 1.63. The third-order valence-corrected chi connectivity index (χ3v) is 7.03. The Morgan fingerprint density at radius 2 is 1.97 bits per heavy atom. The number of para-hydroxylation sites is 1. The second-order valence-corrected chi connectivity index (χ2v) is 9.66. The Morgan fingerprint density at radius 3 is 2.69 bits per heavy atom.